The van der Waals surface area contributed by atoms with Crippen LogP contribution in [0.25, 0.3) is 6.08 Å². The Balaban J connectivity index is 1.60. The van der Waals surface area contributed by atoms with E-state index in [2.05, 4.69) is 10.2 Å². The summed E-state index contributed by atoms with van der Waals surface area (Å²) >= 11 is 0. The van der Waals surface area contributed by atoms with Crippen LogP contribution in [0.2, 0.25) is 0 Å². The van der Waals surface area contributed by atoms with Crippen LogP contribution in [-0.4, -0.2) is 38.0 Å². The standard InChI is InChI=1S/C22H21N3O4/c1-29-18-10-8-17(9-11-18)25-21(27)19(20(26)23-22(25)28)14-15-4-6-16(7-5-15)24-12-2-3-13-24/h4-11,14H,2-3,12-13H2,1H3,(H,23,26,28). The van der Waals surface area contributed by atoms with E-state index in [9.17, 15) is 14.4 Å². The van der Waals surface area contributed by atoms with Crippen molar-refractivity contribution < 1.29 is 19.1 Å². The van der Waals surface area contributed by atoms with Gasteiger partial charge >= 0.3 is 6.03 Å². The van der Waals surface area contributed by atoms with E-state index in [1.165, 1.54) is 26.0 Å². The smallest absolute Gasteiger partial charge is 0.335 e. The SMILES string of the molecule is COc1ccc(N2C(=O)NC(=O)C(=Cc3ccc(N4CCCC4)cc3)C2=O)cc1. The van der Waals surface area contributed by atoms with Crippen molar-refractivity contribution in [2.24, 2.45) is 0 Å². The fraction of sp³-hybridized carbons (Fsp3) is 0.227. The minimum atomic E-state index is -0.772. The molecule has 0 unspecified atom stereocenters. The Labute approximate surface area is 168 Å². The third kappa shape index (κ3) is 3.71. The van der Waals surface area contributed by atoms with E-state index >= 15 is 0 Å². The molecule has 0 spiro atoms. The molecule has 7 heteroatoms. The van der Waals surface area contributed by atoms with Gasteiger partial charge in [0, 0.05) is 18.8 Å². The van der Waals surface area contributed by atoms with Gasteiger partial charge in [-0.1, -0.05) is 12.1 Å². The zero-order chi connectivity index (χ0) is 20.4. The van der Waals surface area contributed by atoms with Crippen LogP contribution in [0, 0.1) is 0 Å². The largest absolute Gasteiger partial charge is 0.497 e. The number of rotatable bonds is 4. The Morgan fingerprint density at radius 3 is 2.14 bits per heavy atom. The Kier molecular flexibility index (Phi) is 5.03. The Hall–Kier alpha value is -3.61. The summed E-state index contributed by atoms with van der Waals surface area (Å²) < 4.78 is 5.10. The number of barbiturate groups is 1. The summed E-state index contributed by atoms with van der Waals surface area (Å²) in [6.45, 7) is 2.08. The molecule has 0 radical (unpaired) electrons. The number of imide groups is 2. The van der Waals surface area contributed by atoms with E-state index in [4.69, 9.17) is 4.74 Å². The summed E-state index contributed by atoms with van der Waals surface area (Å²) in [5.41, 5.74) is 2.11. The number of carbonyl (C=O) groups excluding carboxylic acids is 3. The molecule has 0 aromatic heterocycles. The van der Waals surface area contributed by atoms with Crippen molar-refractivity contribution in [3.05, 3.63) is 59.7 Å². The number of nitrogens with one attached hydrogen (secondary N) is 1. The average Bonchev–Trinajstić information content (AvgIpc) is 3.27. The summed E-state index contributed by atoms with van der Waals surface area (Å²) in [5, 5.41) is 2.23. The summed E-state index contributed by atoms with van der Waals surface area (Å²) in [6, 6.07) is 13.4. The van der Waals surface area contributed by atoms with Crippen molar-refractivity contribution in [2.75, 3.05) is 30.0 Å². The molecular formula is C22H21N3O4. The highest BCUT2D eigenvalue weighted by atomic mass is 16.5. The predicted octanol–water partition coefficient (Wildman–Crippen LogP) is 2.96. The van der Waals surface area contributed by atoms with E-state index in [0.717, 1.165) is 29.2 Å². The zero-order valence-corrected chi connectivity index (χ0v) is 16.1. The highest BCUT2D eigenvalue weighted by molar-refractivity contribution is 6.39. The normalized spacial score (nSPS) is 18.4. The maximum Gasteiger partial charge on any atom is 0.335 e. The molecule has 2 heterocycles. The number of urea groups is 1. The van der Waals surface area contributed by atoms with Gasteiger partial charge in [0.1, 0.15) is 11.3 Å². The zero-order valence-electron chi connectivity index (χ0n) is 16.1. The lowest BCUT2D eigenvalue weighted by Crippen LogP contribution is -2.54. The van der Waals surface area contributed by atoms with Crippen LogP contribution in [0.15, 0.2) is 54.1 Å². The lowest BCUT2D eigenvalue weighted by molar-refractivity contribution is -0.122. The summed E-state index contributed by atoms with van der Waals surface area (Å²) in [4.78, 5) is 40.7. The molecule has 0 bridgehead atoms. The van der Waals surface area contributed by atoms with Crippen LogP contribution in [-0.2, 0) is 9.59 Å². The van der Waals surface area contributed by atoms with Crippen LogP contribution < -0.4 is 19.9 Å². The number of nitrogens with zero attached hydrogens (tertiary/aromatic N) is 2. The highest BCUT2D eigenvalue weighted by Crippen LogP contribution is 2.25. The van der Waals surface area contributed by atoms with Gasteiger partial charge in [-0.25, -0.2) is 9.69 Å². The van der Waals surface area contributed by atoms with Crippen LogP contribution in [0.5, 0.6) is 5.75 Å². The molecule has 2 fully saturated rings. The molecule has 0 aliphatic carbocycles. The number of anilines is 2. The second-order valence-electron chi connectivity index (χ2n) is 6.94. The van der Waals surface area contributed by atoms with Crippen LogP contribution in [0.4, 0.5) is 16.2 Å². The van der Waals surface area contributed by atoms with Gasteiger partial charge in [-0.05, 0) is 60.9 Å². The molecule has 0 atom stereocenters. The average molecular weight is 391 g/mol. The number of hydrogen-bond acceptors (Lipinski definition) is 5. The molecule has 148 valence electrons. The third-order valence-corrected chi connectivity index (χ3v) is 5.11. The maximum absolute atomic E-state index is 12.9. The summed E-state index contributed by atoms with van der Waals surface area (Å²) in [5.74, 6) is -0.760. The van der Waals surface area contributed by atoms with Gasteiger partial charge in [-0.2, -0.15) is 0 Å². The second kappa shape index (κ2) is 7.79. The van der Waals surface area contributed by atoms with Gasteiger partial charge in [0.25, 0.3) is 11.8 Å². The number of carbonyl (C=O) groups is 3. The molecule has 1 N–H and O–H groups in total. The lowest BCUT2D eigenvalue weighted by Gasteiger charge is -2.26. The van der Waals surface area contributed by atoms with Gasteiger partial charge in [0.2, 0.25) is 0 Å². The first kappa shape index (κ1) is 18.7. The first-order valence-electron chi connectivity index (χ1n) is 9.47. The molecule has 0 saturated carbocycles. The Morgan fingerprint density at radius 2 is 1.52 bits per heavy atom. The summed E-state index contributed by atoms with van der Waals surface area (Å²) in [7, 11) is 1.53. The van der Waals surface area contributed by atoms with Gasteiger partial charge in [0.15, 0.2) is 0 Å². The molecule has 29 heavy (non-hydrogen) atoms. The maximum atomic E-state index is 12.9. The van der Waals surface area contributed by atoms with E-state index < -0.39 is 17.8 Å². The minimum Gasteiger partial charge on any atom is -0.497 e. The first-order valence-corrected chi connectivity index (χ1v) is 9.47. The van der Waals surface area contributed by atoms with Gasteiger partial charge in [-0.15, -0.1) is 0 Å². The fourth-order valence-corrected chi connectivity index (χ4v) is 3.55. The third-order valence-electron chi connectivity index (χ3n) is 5.11. The quantitative estimate of drug-likeness (QED) is 0.640. The van der Waals surface area contributed by atoms with Crippen molar-refractivity contribution in [3.63, 3.8) is 0 Å². The van der Waals surface area contributed by atoms with E-state index in [1.54, 1.807) is 24.3 Å². The molecular weight excluding hydrogens is 370 g/mol. The van der Waals surface area contributed by atoms with Gasteiger partial charge < -0.3 is 9.64 Å². The monoisotopic (exact) mass is 391 g/mol. The van der Waals surface area contributed by atoms with Crippen LogP contribution >= 0.6 is 0 Å². The summed E-state index contributed by atoms with van der Waals surface area (Å²) in [6.07, 6.45) is 3.89. The van der Waals surface area contributed by atoms with Crippen molar-refractivity contribution in [2.45, 2.75) is 12.8 Å². The van der Waals surface area contributed by atoms with Crippen LogP contribution in [0.1, 0.15) is 18.4 Å². The second-order valence-corrected chi connectivity index (χ2v) is 6.94. The van der Waals surface area contributed by atoms with Crippen molar-refractivity contribution in [1.29, 1.82) is 0 Å². The molecule has 2 saturated heterocycles. The van der Waals surface area contributed by atoms with Crippen molar-refractivity contribution in [3.8, 4) is 5.75 Å². The Bertz CT molecular complexity index is 974. The lowest BCUT2D eigenvalue weighted by atomic mass is 10.1. The molecule has 2 aromatic carbocycles. The van der Waals surface area contributed by atoms with Crippen molar-refractivity contribution in [1.82, 2.24) is 5.32 Å². The van der Waals surface area contributed by atoms with E-state index in [0.29, 0.717) is 11.4 Å². The first-order chi connectivity index (χ1) is 14.1. The molecule has 2 aliphatic heterocycles. The van der Waals surface area contributed by atoms with Gasteiger partial charge in [0.05, 0.1) is 12.8 Å². The molecule has 2 aliphatic rings. The number of benzene rings is 2. The highest BCUT2D eigenvalue weighted by Gasteiger charge is 2.36. The Morgan fingerprint density at radius 1 is 0.897 bits per heavy atom. The number of amides is 4. The fourth-order valence-electron chi connectivity index (χ4n) is 3.55. The number of ether oxygens (including phenoxy) is 1. The number of methoxy groups -OCH3 is 1. The molecule has 2 aromatic rings. The van der Waals surface area contributed by atoms with Crippen LogP contribution in [0.3, 0.4) is 0 Å². The topological polar surface area (TPSA) is 79.0 Å². The molecule has 4 rings (SSSR count). The molecule has 4 amide bonds. The van der Waals surface area contributed by atoms with E-state index in [1.807, 2.05) is 24.3 Å². The van der Waals surface area contributed by atoms with E-state index in [-0.39, 0.29) is 5.57 Å². The minimum absolute atomic E-state index is 0.0886. The number of hydrogen-bond donors (Lipinski definition) is 1. The van der Waals surface area contributed by atoms with Gasteiger partial charge in [-0.3, -0.25) is 14.9 Å². The molecule has 7 nitrogen and oxygen atoms in total. The predicted molar refractivity (Wildman–Crippen MR) is 110 cm³/mol. The van der Waals surface area contributed by atoms with Crippen molar-refractivity contribution >= 4 is 35.3 Å².